The Morgan fingerprint density at radius 3 is 1.61 bits per heavy atom. The summed E-state index contributed by atoms with van der Waals surface area (Å²) in [5, 5.41) is 8.19. The zero-order valence-electron chi connectivity index (χ0n) is 22.1. The summed E-state index contributed by atoms with van der Waals surface area (Å²) in [6.45, 7) is -3.76. The summed E-state index contributed by atoms with van der Waals surface area (Å²) in [6.07, 6.45) is -16.1. The van der Waals surface area contributed by atoms with Crippen molar-refractivity contribution in [2.45, 2.75) is 55.2 Å². The highest BCUT2D eigenvalue weighted by Crippen LogP contribution is 2.50. The van der Waals surface area contributed by atoms with Gasteiger partial charge in [0.25, 0.3) is 0 Å². The summed E-state index contributed by atoms with van der Waals surface area (Å²) in [5.41, 5.74) is -0.109. The van der Waals surface area contributed by atoms with Crippen LogP contribution in [0, 0.1) is 0 Å². The molecule has 0 saturated carbocycles. The monoisotopic (exact) mass is 692 g/mol. The van der Waals surface area contributed by atoms with E-state index < -0.39 is 67.5 Å². The number of benzene rings is 3. The molecule has 3 aromatic rings. The van der Waals surface area contributed by atoms with Crippen LogP contribution in [-0.2, 0) is 11.3 Å². The average Bonchev–Trinajstić information content (AvgIpc) is 2.97. The van der Waals surface area contributed by atoms with E-state index in [1.807, 2.05) is 0 Å². The largest absolute Gasteiger partial charge is 0.487 e. The van der Waals surface area contributed by atoms with E-state index in [4.69, 9.17) is 0 Å². The molecule has 0 spiro atoms. The molecule has 3 rings (SSSR count). The molecule has 0 N–H and O–H groups in total. The van der Waals surface area contributed by atoms with Crippen LogP contribution in [0.2, 0.25) is 0 Å². The quantitative estimate of drug-likeness (QED) is 0.125. The van der Waals surface area contributed by atoms with E-state index in [1.165, 1.54) is 24.3 Å². The van der Waals surface area contributed by atoms with Crippen molar-refractivity contribution in [3.63, 3.8) is 0 Å². The molecule has 0 aliphatic carbocycles. The number of rotatable bonds is 14. The highest BCUT2D eigenvalue weighted by molar-refractivity contribution is 5.86. The number of fused-ring (bicyclic) bond motifs is 1. The Labute approximate surface area is 246 Å². The van der Waals surface area contributed by atoms with Crippen LogP contribution in [0.15, 0.2) is 70.9 Å². The molecule has 0 aliphatic heterocycles. The van der Waals surface area contributed by atoms with Crippen LogP contribution in [0.4, 0.5) is 81.6 Å². The molecule has 0 radical (unpaired) electrons. The number of hydrogen-bond acceptors (Lipinski definition) is 4. The van der Waals surface area contributed by atoms with Crippen molar-refractivity contribution < 1.29 is 79.7 Å². The molecule has 0 fully saturated rings. The van der Waals surface area contributed by atoms with Gasteiger partial charge in [-0.1, -0.05) is 24.3 Å². The number of halogens is 16. The van der Waals surface area contributed by atoms with Gasteiger partial charge in [0.15, 0.2) is 6.61 Å². The molecular weight excluding hydrogens is 676 g/mol. The summed E-state index contributed by atoms with van der Waals surface area (Å²) >= 11 is 0. The molecule has 46 heavy (non-hydrogen) atoms. The van der Waals surface area contributed by atoms with E-state index in [0.717, 1.165) is 36.4 Å². The van der Waals surface area contributed by atoms with Crippen molar-refractivity contribution in [2.75, 3.05) is 6.61 Å². The van der Waals surface area contributed by atoms with Crippen molar-refractivity contribution in [3.05, 3.63) is 66.2 Å². The molecule has 20 heteroatoms. The molecule has 0 aliphatic rings. The summed E-state index contributed by atoms with van der Waals surface area (Å²) in [5.74, 6) is -31.9. The van der Waals surface area contributed by atoms with Gasteiger partial charge in [0.1, 0.15) is 5.75 Å². The topological polar surface area (TPSA) is 43.2 Å². The minimum Gasteiger partial charge on any atom is -0.487 e. The minimum absolute atomic E-state index is 0.0315. The first-order valence-electron chi connectivity index (χ1n) is 12.1. The zero-order valence-corrected chi connectivity index (χ0v) is 22.1. The van der Waals surface area contributed by atoms with Gasteiger partial charge >= 0.3 is 48.6 Å². The van der Waals surface area contributed by atoms with E-state index in [-0.39, 0.29) is 22.3 Å². The average molecular weight is 692 g/mol. The number of alkyl halides is 16. The van der Waals surface area contributed by atoms with Crippen molar-refractivity contribution >= 4 is 22.1 Å². The highest BCUT2D eigenvalue weighted by Gasteiger charge is 2.77. The number of hydrogen-bond donors (Lipinski definition) is 0. The predicted molar refractivity (Wildman–Crippen MR) is 127 cm³/mol. The molecule has 254 valence electrons. The molecule has 0 amide bonds. The van der Waals surface area contributed by atoms with Gasteiger partial charge < -0.3 is 9.47 Å². The van der Waals surface area contributed by atoms with Crippen molar-refractivity contribution in [1.29, 1.82) is 0 Å². The molecule has 0 aromatic heterocycles. The molecule has 0 bridgehead atoms. The van der Waals surface area contributed by atoms with Gasteiger partial charge in [-0.05, 0) is 52.7 Å². The maximum atomic E-state index is 13.7. The Bertz CT molecular complexity index is 1530. The van der Waals surface area contributed by atoms with E-state index in [0.29, 0.717) is 5.39 Å². The maximum Gasteiger partial charge on any atom is 0.426 e. The smallest absolute Gasteiger partial charge is 0.426 e. The van der Waals surface area contributed by atoms with Gasteiger partial charge in [-0.25, -0.2) is 17.6 Å². The lowest BCUT2D eigenvalue weighted by molar-refractivity contribution is -0.415. The minimum atomic E-state index is -6.54. The summed E-state index contributed by atoms with van der Waals surface area (Å²) < 4.78 is 217. The fourth-order valence-corrected chi connectivity index (χ4v) is 3.38. The summed E-state index contributed by atoms with van der Waals surface area (Å²) in [7, 11) is 0. The lowest BCUT2D eigenvalue weighted by atomic mass is 10.1. The van der Waals surface area contributed by atoms with Crippen LogP contribution in [0.25, 0.3) is 10.8 Å². The second-order valence-corrected chi connectivity index (χ2v) is 9.35. The van der Waals surface area contributed by atoms with Crippen LogP contribution in [0.5, 0.6) is 5.75 Å². The molecule has 3 aromatic carbocycles. The van der Waals surface area contributed by atoms with Gasteiger partial charge in [-0.3, -0.25) is 0 Å². The molecule has 0 heterocycles. The first kappa shape index (κ1) is 36.6. The number of nitrogens with zero attached hydrogens (tertiary/aromatic N) is 2. The summed E-state index contributed by atoms with van der Waals surface area (Å²) in [4.78, 5) is 0. The fourth-order valence-electron chi connectivity index (χ4n) is 3.38. The molecule has 0 atom stereocenters. The van der Waals surface area contributed by atoms with Crippen molar-refractivity contribution in [3.8, 4) is 5.75 Å². The van der Waals surface area contributed by atoms with Gasteiger partial charge in [0, 0.05) is 0 Å². The fraction of sp³-hybridized carbons (Fsp3) is 0.385. The van der Waals surface area contributed by atoms with Crippen LogP contribution < -0.4 is 4.74 Å². The number of azo groups is 1. The summed E-state index contributed by atoms with van der Waals surface area (Å²) in [6, 6.07) is 11.4. The Hall–Kier alpha value is -3.84. The lowest BCUT2D eigenvalue weighted by Crippen LogP contribution is -2.59. The SMILES string of the molecule is FC(F)C(F)(F)C(F)(F)C(F)(F)COc1ccc2cc(N=Nc3ccc(COC(F)(F)C(F)(F)C(F)(F)C(F)F)cc3)ccc2c1. The Kier molecular flexibility index (Phi) is 10.2. The third kappa shape index (κ3) is 7.10. The standard InChI is InChI=1S/C26H16F16N2O2/c27-19(28)22(33,34)24(37,38)21(31,32)12-45-18-8-4-14-9-17(7-3-15(14)10-18)44-43-16-5-1-13(2-6-16)11-46-26(41,42)25(39,40)23(35,36)20(29)30/h1-10,19-20H,11-12H2. The van der Waals surface area contributed by atoms with Gasteiger partial charge in [0.2, 0.25) is 0 Å². The normalized spacial score (nSPS) is 14.2. The Balaban J connectivity index is 1.65. The van der Waals surface area contributed by atoms with E-state index >= 15 is 0 Å². The van der Waals surface area contributed by atoms with Crippen LogP contribution >= 0.6 is 0 Å². The first-order valence-corrected chi connectivity index (χ1v) is 12.1. The van der Waals surface area contributed by atoms with Crippen molar-refractivity contribution in [2.24, 2.45) is 10.2 Å². The maximum absolute atomic E-state index is 13.7. The molecular formula is C26H16F16N2O2. The predicted octanol–water partition coefficient (Wildman–Crippen LogP) is 10.5. The zero-order chi connectivity index (χ0) is 34.9. The highest BCUT2D eigenvalue weighted by atomic mass is 19.4. The van der Waals surface area contributed by atoms with Crippen LogP contribution in [0.1, 0.15) is 5.56 Å². The van der Waals surface area contributed by atoms with Crippen molar-refractivity contribution in [1.82, 2.24) is 0 Å². The van der Waals surface area contributed by atoms with Gasteiger partial charge in [-0.2, -0.15) is 62.9 Å². The lowest BCUT2D eigenvalue weighted by Gasteiger charge is -2.32. The van der Waals surface area contributed by atoms with Gasteiger partial charge in [0.05, 0.1) is 18.0 Å². The molecule has 4 nitrogen and oxygen atoms in total. The van der Waals surface area contributed by atoms with Crippen LogP contribution in [-0.4, -0.2) is 55.2 Å². The van der Waals surface area contributed by atoms with Crippen LogP contribution in [0.3, 0.4) is 0 Å². The van der Waals surface area contributed by atoms with E-state index in [9.17, 15) is 70.2 Å². The second kappa shape index (κ2) is 12.7. The third-order valence-electron chi connectivity index (χ3n) is 6.06. The molecule has 0 unspecified atom stereocenters. The van der Waals surface area contributed by atoms with Gasteiger partial charge in [-0.15, -0.1) is 0 Å². The third-order valence-corrected chi connectivity index (χ3v) is 6.06. The first-order chi connectivity index (χ1) is 21.0. The molecule has 0 saturated heterocycles. The second-order valence-electron chi connectivity index (χ2n) is 9.35. The Morgan fingerprint density at radius 2 is 1.04 bits per heavy atom. The van der Waals surface area contributed by atoms with E-state index in [2.05, 4.69) is 19.7 Å². The number of ether oxygens (including phenoxy) is 2. The van der Waals surface area contributed by atoms with E-state index in [1.54, 1.807) is 0 Å². The Morgan fingerprint density at radius 1 is 0.565 bits per heavy atom.